The van der Waals surface area contributed by atoms with Crippen molar-refractivity contribution in [2.45, 2.75) is 57.0 Å². The number of benzene rings is 2. The fraction of sp³-hybridized carbons (Fsp3) is 0.344. The molecular weight excluding hydrogens is 652 g/mol. The number of nitrogens with two attached hydrogens (primary N) is 2. The summed E-state index contributed by atoms with van der Waals surface area (Å²) in [6, 6.07) is 9.64. The maximum atomic E-state index is 14.0. The molecule has 0 aliphatic heterocycles. The number of amides is 3. The predicted molar refractivity (Wildman–Crippen MR) is 184 cm³/mol. The highest BCUT2D eigenvalue weighted by molar-refractivity contribution is 7.89. The van der Waals surface area contributed by atoms with Gasteiger partial charge in [-0.3, -0.25) is 19.1 Å². The molecule has 0 saturated carbocycles. The van der Waals surface area contributed by atoms with E-state index in [1.165, 1.54) is 31.3 Å². The molecule has 4 rings (SSSR count). The molecule has 0 unspecified atom stereocenters. The van der Waals surface area contributed by atoms with Crippen molar-refractivity contribution >= 4 is 68.1 Å². The Bertz CT molecular complexity index is 2000. The van der Waals surface area contributed by atoms with Crippen LogP contribution in [-0.2, 0) is 36.2 Å². The molecule has 17 heteroatoms. The fourth-order valence-corrected chi connectivity index (χ4v) is 6.03. The van der Waals surface area contributed by atoms with Gasteiger partial charge in [0, 0.05) is 50.4 Å². The van der Waals surface area contributed by atoms with Crippen molar-refractivity contribution < 1.29 is 27.6 Å². The highest BCUT2D eigenvalue weighted by Gasteiger charge is 2.28. The molecule has 0 spiro atoms. The zero-order valence-electron chi connectivity index (χ0n) is 27.9. The van der Waals surface area contributed by atoms with E-state index in [0.717, 1.165) is 27.2 Å². The normalized spacial score (nSPS) is 12.6. The molecule has 0 bridgehead atoms. The smallest absolute Gasteiger partial charge is 0.243 e. The molecular formula is C32H40N10O6S. The van der Waals surface area contributed by atoms with Crippen molar-refractivity contribution in [3.63, 3.8) is 0 Å². The summed E-state index contributed by atoms with van der Waals surface area (Å²) in [7, 11) is -0.527. The van der Waals surface area contributed by atoms with Crippen LogP contribution >= 0.6 is 0 Å². The molecule has 49 heavy (non-hydrogen) atoms. The van der Waals surface area contributed by atoms with Crippen LogP contribution < -0.4 is 31.3 Å². The molecule has 2 aromatic carbocycles. The zero-order chi connectivity index (χ0) is 36.0. The maximum absolute atomic E-state index is 14.0. The number of carbonyl (C=O) groups excluding carboxylic acids is 4. The predicted octanol–water partition coefficient (Wildman–Crippen LogP) is 1.38. The summed E-state index contributed by atoms with van der Waals surface area (Å²) in [5.41, 5.74) is 8.54. The van der Waals surface area contributed by atoms with E-state index in [1.54, 1.807) is 29.6 Å². The lowest BCUT2D eigenvalue weighted by molar-refractivity contribution is -0.130. The van der Waals surface area contributed by atoms with E-state index in [4.69, 9.17) is 10.9 Å². The molecule has 3 amide bonds. The second-order valence-corrected chi connectivity index (χ2v) is 13.1. The van der Waals surface area contributed by atoms with E-state index in [-0.39, 0.29) is 42.3 Å². The van der Waals surface area contributed by atoms with Crippen LogP contribution in [0.25, 0.3) is 10.9 Å². The number of aldehydes is 1. The van der Waals surface area contributed by atoms with Gasteiger partial charge in [-0.2, -0.15) is 10.1 Å². The van der Waals surface area contributed by atoms with Crippen LogP contribution in [0.5, 0.6) is 0 Å². The van der Waals surface area contributed by atoms with Crippen molar-refractivity contribution in [1.82, 2.24) is 30.4 Å². The van der Waals surface area contributed by atoms with Gasteiger partial charge >= 0.3 is 0 Å². The Hall–Kier alpha value is -5.26. The van der Waals surface area contributed by atoms with Gasteiger partial charge in [-0.1, -0.05) is 6.07 Å². The average molecular weight is 693 g/mol. The zero-order valence-corrected chi connectivity index (χ0v) is 28.7. The monoisotopic (exact) mass is 692 g/mol. The van der Waals surface area contributed by atoms with Gasteiger partial charge in [-0.05, 0) is 75.2 Å². The number of aromatic nitrogens is 4. The lowest BCUT2D eigenvalue weighted by atomic mass is 10.1. The van der Waals surface area contributed by atoms with Gasteiger partial charge in [0.25, 0.3) is 0 Å². The van der Waals surface area contributed by atoms with E-state index in [9.17, 15) is 27.6 Å². The first-order valence-electron chi connectivity index (χ1n) is 15.3. The number of carbonyl (C=O) groups is 4. The summed E-state index contributed by atoms with van der Waals surface area (Å²) >= 11 is 0. The average Bonchev–Trinajstić information content (AvgIpc) is 3.34. The number of aryl methyl sites for hydroxylation is 3. The Morgan fingerprint density at radius 1 is 1.04 bits per heavy atom. The molecule has 2 atom stereocenters. The third kappa shape index (κ3) is 8.62. The summed E-state index contributed by atoms with van der Waals surface area (Å²) in [6.45, 7) is 4.90. The molecule has 16 nitrogen and oxygen atoms in total. The molecule has 4 aromatic rings. The topological polar surface area (TPSA) is 229 Å². The number of rotatable bonds is 14. The van der Waals surface area contributed by atoms with Gasteiger partial charge in [-0.15, -0.1) is 0 Å². The second-order valence-electron chi connectivity index (χ2n) is 11.5. The largest absolute Gasteiger partial charge is 0.345 e. The van der Waals surface area contributed by atoms with Gasteiger partial charge in [-0.25, -0.2) is 23.4 Å². The van der Waals surface area contributed by atoms with Crippen LogP contribution in [0.2, 0.25) is 0 Å². The minimum absolute atomic E-state index is 0.0853. The van der Waals surface area contributed by atoms with E-state index in [0.29, 0.717) is 17.7 Å². The van der Waals surface area contributed by atoms with Crippen LogP contribution in [0, 0.1) is 13.8 Å². The lowest BCUT2D eigenvalue weighted by Crippen LogP contribution is -2.50. The van der Waals surface area contributed by atoms with Crippen molar-refractivity contribution in [2.75, 3.05) is 23.4 Å². The van der Waals surface area contributed by atoms with Gasteiger partial charge in [0.15, 0.2) is 0 Å². The summed E-state index contributed by atoms with van der Waals surface area (Å²) < 4.78 is 26.6. The number of fused-ring (bicyclic) bond motifs is 1. The van der Waals surface area contributed by atoms with Crippen LogP contribution in [0.1, 0.15) is 37.4 Å². The number of nitrogens with one attached hydrogen (secondary N) is 2. The van der Waals surface area contributed by atoms with Crippen LogP contribution in [0.4, 0.5) is 23.1 Å². The third-order valence-corrected chi connectivity index (χ3v) is 9.02. The number of primary sulfonamides is 1. The number of hydrogen-bond acceptors (Lipinski definition) is 11. The van der Waals surface area contributed by atoms with Crippen molar-refractivity contribution in [3.05, 3.63) is 59.9 Å². The van der Waals surface area contributed by atoms with Gasteiger partial charge in [0.1, 0.15) is 18.1 Å². The number of hydrogen-bond donors (Lipinski definition) is 4. The summed E-state index contributed by atoms with van der Waals surface area (Å²) in [5, 5.41) is 16.1. The standard InChI is InChI=1S/C32H40N10O6S/c1-19-6-7-24(17-28(19)49(34,47)48)42(30(45)11-10-26(36-21(3)44)31(46)37-22(18-43)12-14-33)32-35-15-13-29(38-32)40(4)23-8-9-25-20(2)41(5)39-27(25)16-23/h6-9,13,15-18,22,26H,10-12,14,33H2,1-5H3,(H,36,44)(H,37,46)(H2,34,47,48)/t22-,26-/m0/s1. The van der Waals surface area contributed by atoms with Crippen LogP contribution in [0.3, 0.4) is 0 Å². The van der Waals surface area contributed by atoms with E-state index < -0.39 is 39.8 Å². The highest BCUT2D eigenvalue weighted by atomic mass is 32.2. The first-order chi connectivity index (χ1) is 23.1. The quantitative estimate of drug-likeness (QED) is 0.138. The van der Waals surface area contributed by atoms with Crippen molar-refractivity contribution in [1.29, 1.82) is 0 Å². The minimum atomic E-state index is -4.18. The molecule has 260 valence electrons. The lowest BCUT2D eigenvalue weighted by Gasteiger charge is -2.25. The Balaban J connectivity index is 1.72. The second kappa shape index (κ2) is 15.3. The Labute approximate surface area is 283 Å². The van der Waals surface area contributed by atoms with E-state index >= 15 is 0 Å². The molecule has 0 aliphatic rings. The Morgan fingerprint density at radius 2 is 1.76 bits per heavy atom. The molecule has 0 aliphatic carbocycles. The molecule has 0 radical (unpaired) electrons. The van der Waals surface area contributed by atoms with Crippen LogP contribution in [-0.4, -0.2) is 77.9 Å². The Kier molecular flexibility index (Phi) is 11.4. The van der Waals surface area contributed by atoms with Gasteiger partial charge in [0.2, 0.25) is 33.7 Å². The van der Waals surface area contributed by atoms with Crippen LogP contribution in [0.15, 0.2) is 53.6 Å². The first kappa shape index (κ1) is 36.6. The van der Waals surface area contributed by atoms with Gasteiger partial charge < -0.3 is 26.1 Å². The van der Waals surface area contributed by atoms with Crippen molar-refractivity contribution in [2.24, 2.45) is 17.9 Å². The van der Waals surface area contributed by atoms with E-state index in [2.05, 4.69) is 25.7 Å². The maximum Gasteiger partial charge on any atom is 0.243 e. The fourth-order valence-electron chi connectivity index (χ4n) is 5.23. The number of nitrogens with zero attached hydrogens (tertiary/aromatic N) is 6. The van der Waals surface area contributed by atoms with Crippen molar-refractivity contribution in [3.8, 4) is 0 Å². The summed E-state index contributed by atoms with van der Waals surface area (Å²) in [6.07, 6.45) is 1.69. The third-order valence-electron chi connectivity index (χ3n) is 7.97. The molecule has 2 aromatic heterocycles. The number of sulfonamides is 1. The Morgan fingerprint density at radius 3 is 2.41 bits per heavy atom. The SMILES string of the molecule is CC(=O)N[C@@H](CCC(=O)N(c1ccc(C)c(S(N)(=O)=O)c1)c1nccc(N(C)c2ccc3c(C)n(C)nc3c2)n1)C(=O)N[C@H](C=O)CCN. The molecule has 6 N–H and O–H groups in total. The summed E-state index contributed by atoms with van der Waals surface area (Å²) in [4.78, 5) is 62.1. The first-order valence-corrected chi connectivity index (χ1v) is 16.9. The van der Waals surface area contributed by atoms with E-state index in [1.807, 2.05) is 32.2 Å². The molecule has 2 heterocycles. The minimum Gasteiger partial charge on any atom is -0.345 e. The summed E-state index contributed by atoms with van der Waals surface area (Å²) in [5.74, 6) is -1.50. The molecule has 0 saturated heterocycles. The van der Waals surface area contributed by atoms with Gasteiger partial charge in [0.05, 0.1) is 22.1 Å². The highest BCUT2D eigenvalue weighted by Crippen LogP contribution is 2.31. The number of anilines is 4. The molecule has 0 fully saturated rings.